The van der Waals surface area contributed by atoms with Crippen molar-refractivity contribution in [1.82, 2.24) is 9.29 Å². The summed E-state index contributed by atoms with van der Waals surface area (Å²) < 4.78 is 103. The Bertz CT molecular complexity index is 2050. The summed E-state index contributed by atoms with van der Waals surface area (Å²) in [7, 11) is -1.32. The second kappa shape index (κ2) is 11.7. The molecule has 1 aromatic heterocycles. The molecule has 1 heterocycles. The second-order valence-electron chi connectivity index (χ2n) is 9.39. The predicted molar refractivity (Wildman–Crippen MR) is 157 cm³/mol. The lowest BCUT2D eigenvalue weighted by molar-refractivity contribution is 0.0980. The smallest absolute Gasteiger partial charge is 0.411 e. The Morgan fingerprint density at radius 3 is 2.63 bits per heavy atom. The van der Waals surface area contributed by atoms with Crippen molar-refractivity contribution in [1.29, 1.82) is 0 Å². The zero-order chi connectivity index (χ0) is 36.2. The maximum absolute atomic E-state index is 13.0. The molecule has 0 radical (unpaired) electrons. The number of aromatic nitrogens is 1. The molecule has 0 spiro atoms. The highest BCUT2D eigenvalue weighted by Gasteiger charge is 2.22. The van der Waals surface area contributed by atoms with Crippen LogP contribution in [0.5, 0.6) is 5.75 Å². The molecular formula is C31H33N3O6S. The van der Waals surface area contributed by atoms with Crippen LogP contribution in [-0.2, 0) is 28.2 Å². The Kier molecular flexibility index (Phi) is 5.61. The highest BCUT2D eigenvalue weighted by atomic mass is 32.2. The van der Waals surface area contributed by atoms with E-state index in [-0.39, 0.29) is 11.3 Å². The van der Waals surface area contributed by atoms with Crippen LogP contribution in [0, 0.1) is 6.85 Å². The van der Waals surface area contributed by atoms with Gasteiger partial charge in [-0.15, -0.1) is 0 Å². The molecule has 0 bridgehead atoms. The Morgan fingerprint density at radius 2 is 1.88 bits per heavy atom. The van der Waals surface area contributed by atoms with E-state index in [1.165, 1.54) is 31.4 Å². The third kappa shape index (κ3) is 6.22. The molecule has 2 N–H and O–H groups in total. The lowest BCUT2D eigenvalue weighted by Crippen LogP contribution is -2.31. The van der Waals surface area contributed by atoms with Gasteiger partial charge in [-0.05, 0) is 85.5 Å². The van der Waals surface area contributed by atoms with Crippen molar-refractivity contribution < 1.29 is 38.4 Å². The molecule has 1 saturated carbocycles. The van der Waals surface area contributed by atoms with Gasteiger partial charge in [-0.1, -0.05) is 24.3 Å². The van der Waals surface area contributed by atoms with Crippen molar-refractivity contribution in [2.75, 3.05) is 12.4 Å². The minimum atomic E-state index is -4.54. The lowest BCUT2D eigenvalue weighted by atomic mass is 10.0. The molecule has 1 aliphatic carbocycles. The number of hydrogen-bond acceptors (Lipinski definition) is 6. The van der Waals surface area contributed by atoms with Crippen LogP contribution in [0.4, 0.5) is 10.5 Å². The van der Waals surface area contributed by atoms with Crippen molar-refractivity contribution in [2.24, 2.45) is 7.05 Å². The van der Waals surface area contributed by atoms with Crippen molar-refractivity contribution in [2.45, 2.75) is 49.8 Å². The Morgan fingerprint density at radius 1 is 1.10 bits per heavy atom. The summed E-state index contributed by atoms with van der Waals surface area (Å²) >= 11 is 0. The standard InChI is InChI=1S/C31H33N3O6S/c1-20-8-4-7-11-29(20)41(37,38)33-30(35)22-13-12-21(28(17-22)39-3)16-23-19-34(2)27-15-14-24(18-26(23)27)32-31(36)40-25-9-5-6-10-25/h4,7-8,11-15,17-19,25H,5-6,9-10,16H2,1-3H3,(H,32,36)(H,33,35)/i1D3,5D2,6D2,25D. The van der Waals surface area contributed by atoms with Crippen LogP contribution in [0.15, 0.2) is 71.8 Å². The fraction of sp³-hybridized carbons (Fsp3) is 0.290. The Hall–Kier alpha value is -4.31. The molecule has 41 heavy (non-hydrogen) atoms. The zero-order valence-electron chi connectivity index (χ0n) is 30.3. The van der Waals surface area contributed by atoms with Gasteiger partial charge in [0.25, 0.3) is 15.9 Å². The fourth-order valence-electron chi connectivity index (χ4n) is 4.60. The minimum Gasteiger partial charge on any atom is -0.496 e. The Balaban J connectivity index is 1.34. The largest absolute Gasteiger partial charge is 0.496 e. The molecule has 1 aliphatic rings. The van der Waals surface area contributed by atoms with E-state index in [0.717, 1.165) is 28.6 Å². The van der Waals surface area contributed by atoms with Gasteiger partial charge < -0.3 is 14.0 Å². The first-order valence-electron chi connectivity index (χ1n) is 16.6. The van der Waals surface area contributed by atoms with E-state index >= 15 is 0 Å². The summed E-state index contributed by atoms with van der Waals surface area (Å²) in [6, 6.07) is 14.5. The number of methoxy groups -OCH3 is 1. The maximum Gasteiger partial charge on any atom is 0.411 e. The number of nitrogens with zero attached hydrogens (tertiary/aromatic N) is 1. The number of benzene rings is 3. The lowest BCUT2D eigenvalue weighted by Gasteiger charge is -2.13. The van der Waals surface area contributed by atoms with Crippen LogP contribution in [0.3, 0.4) is 0 Å². The number of hydrogen-bond donors (Lipinski definition) is 2. The minimum absolute atomic E-state index is 0.0472. The number of nitrogens with one attached hydrogen (secondary N) is 2. The first-order chi connectivity index (χ1) is 22.6. The van der Waals surface area contributed by atoms with Gasteiger partial charge in [0.1, 0.15) is 11.8 Å². The molecule has 0 aliphatic heterocycles. The number of carbonyl (C=O) groups excluding carboxylic acids is 2. The molecule has 5 rings (SSSR count). The van der Waals surface area contributed by atoms with Crippen LogP contribution in [-0.4, -0.2) is 38.2 Å². The van der Waals surface area contributed by atoms with Gasteiger partial charge in [0.15, 0.2) is 0 Å². The molecule has 214 valence electrons. The number of ether oxygens (including phenoxy) is 2. The molecule has 9 nitrogen and oxygen atoms in total. The molecule has 2 amide bonds. The summed E-state index contributed by atoms with van der Waals surface area (Å²) in [5.74, 6) is -0.711. The van der Waals surface area contributed by atoms with E-state index in [1.54, 1.807) is 24.3 Å². The highest BCUT2D eigenvalue weighted by molar-refractivity contribution is 7.90. The predicted octanol–water partition coefficient (Wildman–Crippen LogP) is 5.70. The van der Waals surface area contributed by atoms with Crippen LogP contribution >= 0.6 is 0 Å². The molecule has 1 fully saturated rings. The van der Waals surface area contributed by atoms with Crippen molar-refractivity contribution in [3.63, 3.8) is 0 Å². The molecule has 0 atom stereocenters. The van der Waals surface area contributed by atoms with Gasteiger partial charge in [0.2, 0.25) is 0 Å². The summed E-state index contributed by atoms with van der Waals surface area (Å²) in [6.07, 6.45) is -6.84. The van der Waals surface area contributed by atoms with E-state index in [2.05, 4.69) is 5.32 Å². The summed E-state index contributed by atoms with van der Waals surface area (Å²) in [4.78, 5) is 25.2. The van der Waals surface area contributed by atoms with E-state index in [9.17, 15) is 18.0 Å². The topological polar surface area (TPSA) is 116 Å². The quantitative estimate of drug-likeness (QED) is 0.275. The first kappa shape index (κ1) is 19.7. The molecule has 3 aromatic carbocycles. The fourth-order valence-corrected chi connectivity index (χ4v) is 5.68. The number of anilines is 1. The number of amides is 2. The number of carbonyl (C=O) groups is 2. The maximum atomic E-state index is 13.0. The van der Waals surface area contributed by atoms with Gasteiger partial charge in [0.05, 0.1) is 13.4 Å². The van der Waals surface area contributed by atoms with Crippen LogP contribution in [0.25, 0.3) is 10.9 Å². The molecule has 0 unspecified atom stereocenters. The monoisotopic (exact) mass is 583 g/mol. The van der Waals surface area contributed by atoms with Crippen molar-refractivity contribution in [3.8, 4) is 5.75 Å². The average molecular weight is 584 g/mol. The van der Waals surface area contributed by atoms with Gasteiger partial charge >= 0.3 is 6.09 Å². The van der Waals surface area contributed by atoms with Crippen LogP contribution in [0.2, 0.25) is 0 Å². The van der Waals surface area contributed by atoms with Crippen LogP contribution < -0.4 is 14.8 Å². The van der Waals surface area contributed by atoms with E-state index in [0.29, 0.717) is 17.7 Å². The van der Waals surface area contributed by atoms with Gasteiger partial charge in [-0.3, -0.25) is 10.1 Å². The molecular weight excluding hydrogens is 542 g/mol. The van der Waals surface area contributed by atoms with E-state index < -0.39 is 71.0 Å². The van der Waals surface area contributed by atoms with Gasteiger partial charge in [-0.25, -0.2) is 17.9 Å². The van der Waals surface area contributed by atoms with E-state index in [1.807, 2.05) is 22.5 Å². The summed E-state index contributed by atoms with van der Waals surface area (Å²) in [5, 5.41) is 3.27. The summed E-state index contributed by atoms with van der Waals surface area (Å²) in [5.41, 5.74) is 2.09. The third-order valence-electron chi connectivity index (χ3n) is 6.59. The number of fused-ring (bicyclic) bond motifs is 1. The van der Waals surface area contributed by atoms with E-state index in [4.69, 9.17) is 20.4 Å². The highest BCUT2D eigenvalue weighted by Crippen LogP contribution is 2.30. The number of aryl methyl sites for hydroxylation is 2. The SMILES string of the molecule is [2H]C1(OC(=O)Nc2ccc3c(c2)c(Cc2ccc(C(=O)NS(=O)(=O)c4ccccc4C([2H])([2H])[2H])cc2OC)cn3C)CC([2H])([2H])C([2H])([2H])C1. The second-order valence-corrected chi connectivity index (χ2v) is 11.0. The number of rotatable bonds is 8. The normalized spacial score (nSPS) is 20.1. The zero-order valence-corrected chi connectivity index (χ0v) is 23.1. The van der Waals surface area contributed by atoms with Crippen LogP contribution in [0.1, 0.15) is 63.6 Å². The van der Waals surface area contributed by atoms with Gasteiger partial charge in [0, 0.05) is 51.4 Å². The first-order valence-corrected chi connectivity index (χ1v) is 14.0. The average Bonchev–Trinajstić information content (AvgIpc) is 3.37. The number of sulfonamides is 1. The van der Waals surface area contributed by atoms with Gasteiger partial charge in [-0.2, -0.15) is 0 Å². The molecule has 4 aromatic rings. The summed E-state index contributed by atoms with van der Waals surface area (Å²) in [6.45, 7) is -2.72. The van der Waals surface area contributed by atoms with Crippen molar-refractivity contribution in [3.05, 3.63) is 89.1 Å². The Labute approximate surface area is 250 Å². The molecule has 0 saturated heterocycles. The van der Waals surface area contributed by atoms with Crippen molar-refractivity contribution >= 4 is 38.6 Å². The molecule has 10 heteroatoms. The third-order valence-corrected chi connectivity index (χ3v) is 7.97.